The molecule has 0 bridgehead atoms. The molecule has 0 unspecified atom stereocenters. The molecule has 0 saturated carbocycles. The summed E-state index contributed by atoms with van der Waals surface area (Å²) in [6, 6.07) is 2.41. The first-order chi connectivity index (χ1) is 12.7. The van der Waals surface area contributed by atoms with Crippen LogP contribution in [0.3, 0.4) is 0 Å². The van der Waals surface area contributed by atoms with Gasteiger partial charge < -0.3 is 15.0 Å². The summed E-state index contributed by atoms with van der Waals surface area (Å²) in [4.78, 5) is 18.3. The quantitative estimate of drug-likeness (QED) is 0.527. The lowest BCUT2D eigenvalue weighted by Gasteiger charge is -2.22. The molecule has 146 valence electrons. The van der Waals surface area contributed by atoms with Crippen molar-refractivity contribution in [3.8, 4) is 0 Å². The van der Waals surface area contributed by atoms with Crippen LogP contribution in [0.5, 0.6) is 0 Å². The molecule has 2 aromatic rings. The van der Waals surface area contributed by atoms with Crippen molar-refractivity contribution >= 4 is 27.6 Å². The highest BCUT2D eigenvalue weighted by Crippen LogP contribution is 2.29. The van der Waals surface area contributed by atoms with Crippen LogP contribution in [-0.4, -0.2) is 50.8 Å². The minimum atomic E-state index is -4.40. The molecule has 3 rings (SSSR count). The Labute approximate surface area is 160 Å². The van der Waals surface area contributed by atoms with Gasteiger partial charge in [0.2, 0.25) is 0 Å². The Morgan fingerprint density at radius 1 is 1.22 bits per heavy atom. The number of nitrogens with zero attached hydrogens (tertiary/aromatic N) is 6. The van der Waals surface area contributed by atoms with Crippen LogP contribution in [0, 0.1) is 10.1 Å². The van der Waals surface area contributed by atoms with Crippen LogP contribution < -0.4 is 4.90 Å². The van der Waals surface area contributed by atoms with E-state index in [4.69, 9.17) is 0 Å². The minimum absolute atomic E-state index is 0.236. The Balaban J connectivity index is 1.62. The highest BCUT2D eigenvalue weighted by molar-refractivity contribution is 9.10. The zero-order valence-corrected chi connectivity index (χ0v) is 15.6. The smallest absolute Gasteiger partial charge is 0.358 e. The van der Waals surface area contributed by atoms with Gasteiger partial charge in [0.1, 0.15) is 17.0 Å². The standard InChI is InChI=1S/C15H16BrF3N6O2/c16-12-9-24(21-14(12)25(26)27)10-22-4-1-5-23(7-6-22)13-3-2-11(8-20-13)15(17,18)19/h2-3,8-9H,1,4-7,10H2. The predicted molar refractivity (Wildman–Crippen MR) is 94.2 cm³/mol. The van der Waals surface area contributed by atoms with Gasteiger partial charge in [-0.3, -0.25) is 4.90 Å². The number of hydrogen-bond donors (Lipinski definition) is 0. The van der Waals surface area contributed by atoms with Crippen molar-refractivity contribution in [2.24, 2.45) is 0 Å². The van der Waals surface area contributed by atoms with Gasteiger partial charge in [-0.15, -0.1) is 0 Å². The fraction of sp³-hybridized carbons (Fsp3) is 0.467. The summed E-state index contributed by atoms with van der Waals surface area (Å²) in [5.74, 6) is 0.266. The van der Waals surface area contributed by atoms with Crippen LogP contribution in [-0.2, 0) is 12.8 Å². The first-order valence-corrected chi connectivity index (χ1v) is 8.91. The molecular weight excluding hydrogens is 433 g/mol. The lowest BCUT2D eigenvalue weighted by Crippen LogP contribution is -2.32. The molecule has 1 aliphatic rings. The van der Waals surface area contributed by atoms with Gasteiger partial charge in [-0.25, -0.2) is 4.98 Å². The summed E-state index contributed by atoms with van der Waals surface area (Å²) < 4.78 is 39.8. The SMILES string of the molecule is O=[N+]([O-])c1nn(CN2CCCN(c3ccc(C(F)(F)F)cn3)CC2)cc1Br. The monoisotopic (exact) mass is 448 g/mol. The minimum Gasteiger partial charge on any atom is -0.358 e. The Hall–Kier alpha value is -2.21. The maximum absolute atomic E-state index is 12.7. The zero-order valence-electron chi connectivity index (χ0n) is 14.1. The van der Waals surface area contributed by atoms with Gasteiger partial charge in [0, 0.05) is 32.4 Å². The molecule has 0 spiro atoms. The molecule has 1 fully saturated rings. The van der Waals surface area contributed by atoms with Crippen LogP contribution in [0.2, 0.25) is 0 Å². The van der Waals surface area contributed by atoms with E-state index < -0.39 is 16.7 Å². The summed E-state index contributed by atoms with van der Waals surface area (Å²) in [5, 5.41) is 14.8. The molecule has 1 saturated heterocycles. The maximum atomic E-state index is 12.7. The van der Waals surface area contributed by atoms with E-state index >= 15 is 0 Å². The first kappa shape index (κ1) is 19.5. The van der Waals surface area contributed by atoms with E-state index in [1.165, 1.54) is 10.7 Å². The van der Waals surface area contributed by atoms with Crippen LogP contribution >= 0.6 is 15.9 Å². The summed E-state index contributed by atoms with van der Waals surface area (Å²) >= 11 is 3.12. The fourth-order valence-corrected chi connectivity index (χ4v) is 3.33. The average Bonchev–Trinajstić information content (AvgIpc) is 2.82. The van der Waals surface area contributed by atoms with Crippen molar-refractivity contribution in [3.63, 3.8) is 0 Å². The predicted octanol–water partition coefficient (Wildman–Crippen LogP) is 3.14. The van der Waals surface area contributed by atoms with Gasteiger partial charge in [0.25, 0.3) is 0 Å². The van der Waals surface area contributed by atoms with Crippen molar-refractivity contribution in [2.45, 2.75) is 19.3 Å². The third kappa shape index (κ3) is 4.75. The molecule has 0 aromatic carbocycles. The van der Waals surface area contributed by atoms with E-state index in [9.17, 15) is 23.3 Å². The van der Waals surface area contributed by atoms with Crippen LogP contribution in [0.1, 0.15) is 12.0 Å². The third-order valence-corrected chi connectivity index (χ3v) is 4.76. The fourth-order valence-electron chi connectivity index (χ4n) is 2.87. The van der Waals surface area contributed by atoms with Crippen molar-refractivity contribution in [1.82, 2.24) is 19.7 Å². The summed E-state index contributed by atoms with van der Waals surface area (Å²) in [5.41, 5.74) is -0.770. The van der Waals surface area contributed by atoms with Crippen molar-refractivity contribution in [1.29, 1.82) is 0 Å². The number of alkyl halides is 3. The lowest BCUT2D eigenvalue weighted by molar-refractivity contribution is -0.390. The van der Waals surface area contributed by atoms with Gasteiger partial charge in [-0.1, -0.05) is 0 Å². The molecule has 27 heavy (non-hydrogen) atoms. The van der Waals surface area contributed by atoms with Gasteiger partial charge in [-0.2, -0.15) is 17.9 Å². The molecule has 2 aromatic heterocycles. The van der Waals surface area contributed by atoms with Crippen molar-refractivity contribution in [2.75, 3.05) is 31.1 Å². The molecule has 12 heteroatoms. The van der Waals surface area contributed by atoms with E-state index in [0.29, 0.717) is 36.6 Å². The Kier molecular flexibility index (Phi) is 5.65. The Bertz CT molecular complexity index is 811. The van der Waals surface area contributed by atoms with E-state index in [1.807, 2.05) is 4.90 Å². The highest BCUT2D eigenvalue weighted by Gasteiger charge is 2.31. The number of nitro groups is 1. The molecule has 8 nitrogen and oxygen atoms in total. The molecule has 3 heterocycles. The second-order valence-electron chi connectivity index (χ2n) is 6.10. The molecule has 0 amide bonds. The summed E-state index contributed by atoms with van der Waals surface area (Å²) in [7, 11) is 0. The normalized spacial score (nSPS) is 16.4. The number of halogens is 4. The lowest BCUT2D eigenvalue weighted by atomic mass is 10.2. The molecular formula is C15H16BrF3N6O2. The summed E-state index contributed by atoms with van der Waals surface area (Å²) in [6.07, 6.45) is -1.22. The van der Waals surface area contributed by atoms with E-state index in [2.05, 4.69) is 30.9 Å². The Morgan fingerprint density at radius 2 is 2.00 bits per heavy atom. The van der Waals surface area contributed by atoms with Gasteiger partial charge in [-0.05, 0) is 39.4 Å². The van der Waals surface area contributed by atoms with Crippen molar-refractivity contribution in [3.05, 3.63) is 44.7 Å². The number of aromatic nitrogens is 3. The Morgan fingerprint density at radius 3 is 2.59 bits per heavy atom. The largest absolute Gasteiger partial charge is 0.417 e. The molecule has 0 N–H and O–H groups in total. The zero-order chi connectivity index (χ0) is 19.6. The van der Waals surface area contributed by atoms with Crippen LogP contribution in [0.4, 0.5) is 24.8 Å². The summed E-state index contributed by atoms with van der Waals surface area (Å²) in [6.45, 7) is 3.01. The molecule has 0 atom stereocenters. The van der Waals surface area contributed by atoms with E-state index in [0.717, 1.165) is 25.2 Å². The van der Waals surface area contributed by atoms with Crippen LogP contribution in [0.25, 0.3) is 0 Å². The number of hydrogen-bond acceptors (Lipinski definition) is 6. The molecule has 0 aliphatic carbocycles. The average molecular weight is 449 g/mol. The first-order valence-electron chi connectivity index (χ1n) is 8.12. The molecule has 0 radical (unpaired) electrons. The topological polar surface area (TPSA) is 80.3 Å². The second-order valence-corrected chi connectivity index (χ2v) is 6.95. The van der Waals surface area contributed by atoms with Gasteiger partial charge in [0.15, 0.2) is 0 Å². The third-order valence-electron chi connectivity index (χ3n) is 4.20. The number of pyridine rings is 1. The van der Waals surface area contributed by atoms with Gasteiger partial charge >= 0.3 is 12.0 Å². The second kappa shape index (κ2) is 7.80. The molecule has 1 aliphatic heterocycles. The van der Waals surface area contributed by atoms with Crippen LogP contribution in [0.15, 0.2) is 29.0 Å². The van der Waals surface area contributed by atoms with E-state index in [-0.39, 0.29) is 5.82 Å². The van der Waals surface area contributed by atoms with Crippen molar-refractivity contribution < 1.29 is 18.1 Å². The maximum Gasteiger partial charge on any atom is 0.417 e. The van der Waals surface area contributed by atoms with E-state index in [1.54, 1.807) is 6.20 Å². The number of rotatable bonds is 4. The highest BCUT2D eigenvalue weighted by atomic mass is 79.9. The van der Waals surface area contributed by atoms with Gasteiger partial charge in [0.05, 0.1) is 16.9 Å². The number of anilines is 1.